The molecule has 0 aliphatic carbocycles. The number of esters is 1. The van der Waals surface area contributed by atoms with Gasteiger partial charge in [-0.1, -0.05) is 42.5 Å². The summed E-state index contributed by atoms with van der Waals surface area (Å²) < 4.78 is 10.5. The molecule has 0 radical (unpaired) electrons. The van der Waals surface area contributed by atoms with Gasteiger partial charge in [-0.3, -0.25) is 4.79 Å². The lowest BCUT2D eigenvalue weighted by Crippen LogP contribution is -2.22. The third kappa shape index (κ3) is 4.95. The van der Waals surface area contributed by atoms with Crippen LogP contribution in [0.1, 0.15) is 26.3 Å². The Hall–Kier alpha value is -3.60. The van der Waals surface area contributed by atoms with Crippen LogP contribution >= 0.6 is 0 Å². The molecule has 0 spiro atoms. The molecule has 3 rings (SSSR count). The molecule has 136 valence electrons. The van der Waals surface area contributed by atoms with Gasteiger partial charge in [0.25, 0.3) is 5.91 Å². The minimum atomic E-state index is -0.518. The summed E-state index contributed by atoms with van der Waals surface area (Å²) >= 11 is 0. The second kappa shape index (κ2) is 8.67. The third-order valence-electron chi connectivity index (χ3n) is 3.91. The van der Waals surface area contributed by atoms with E-state index >= 15 is 0 Å². The first-order valence-corrected chi connectivity index (χ1v) is 8.44. The topological polar surface area (TPSA) is 64.6 Å². The van der Waals surface area contributed by atoms with E-state index in [1.807, 2.05) is 30.3 Å². The molecule has 1 N–H and O–H groups in total. The average Bonchev–Trinajstić information content (AvgIpc) is 2.73. The Morgan fingerprint density at radius 3 is 2.22 bits per heavy atom. The van der Waals surface area contributed by atoms with E-state index in [1.165, 1.54) is 7.11 Å². The smallest absolute Gasteiger partial charge is 0.343 e. The van der Waals surface area contributed by atoms with Gasteiger partial charge in [-0.2, -0.15) is 0 Å². The van der Waals surface area contributed by atoms with Crippen molar-refractivity contribution in [3.63, 3.8) is 0 Å². The number of hydrogen-bond donors (Lipinski definition) is 1. The lowest BCUT2D eigenvalue weighted by molar-refractivity contribution is 0.0733. The van der Waals surface area contributed by atoms with Crippen molar-refractivity contribution in [2.24, 2.45) is 0 Å². The minimum Gasteiger partial charge on any atom is -0.497 e. The first-order chi connectivity index (χ1) is 13.2. The molecule has 0 aromatic heterocycles. The van der Waals surface area contributed by atoms with Crippen molar-refractivity contribution in [3.8, 4) is 11.5 Å². The first kappa shape index (κ1) is 18.2. The maximum Gasteiger partial charge on any atom is 0.343 e. The lowest BCUT2D eigenvalue weighted by atomic mass is 10.2. The summed E-state index contributed by atoms with van der Waals surface area (Å²) in [7, 11) is 1.53. The molecule has 0 bridgehead atoms. The zero-order valence-electron chi connectivity index (χ0n) is 14.8. The standard InChI is InChI=1S/C22H19NO4/c1-26-19-11-6-10-18(14-19)22(25)27-20-12-5-9-17(13-20)21(24)23-15-16-7-3-2-4-8-16/h2-14H,15H2,1H3,(H,23,24). The molecule has 3 aromatic rings. The second-order valence-electron chi connectivity index (χ2n) is 5.82. The lowest BCUT2D eigenvalue weighted by Gasteiger charge is -2.08. The number of benzene rings is 3. The van der Waals surface area contributed by atoms with E-state index in [9.17, 15) is 9.59 Å². The summed E-state index contributed by atoms with van der Waals surface area (Å²) in [4.78, 5) is 24.6. The monoisotopic (exact) mass is 361 g/mol. The summed E-state index contributed by atoms with van der Waals surface area (Å²) in [6, 6.07) is 22.8. The summed E-state index contributed by atoms with van der Waals surface area (Å²) in [6.07, 6.45) is 0. The first-order valence-electron chi connectivity index (χ1n) is 8.44. The van der Waals surface area contributed by atoms with Gasteiger partial charge in [-0.05, 0) is 42.0 Å². The van der Waals surface area contributed by atoms with Crippen LogP contribution in [0.25, 0.3) is 0 Å². The van der Waals surface area contributed by atoms with E-state index in [-0.39, 0.29) is 5.91 Å². The van der Waals surface area contributed by atoms with Gasteiger partial charge in [0, 0.05) is 12.1 Å². The quantitative estimate of drug-likeness (QED) is 0.535. The maximum absolute atomic E-state index is 12.3. The molecular formula is C22H19NO4. The number of hydrogen-bond acceptors (Lipinski definition) is 4. The fourth-order valence-corrected chi connectivity index (χ4v) is 2.50. The van der Waals surface area contributed by atoms with Crippen LogP contribution in [0.4, 0.5) is 0 Å². The normalized spacial score (nSPS) is 10.1. The summed E-state index contributed by atoms with van der Waals surface area (Å²) in [5.41, 5.74) is 1.79. The fraction of sp³-hybridized carbons (Fsp3) is 0.0909. The molecule has 0 heterocycles. The molecule has 1 amide bonds. The van der Waals surface area contributed by atoms with E-state index < -0.39 is 5.97 Å². The Balaban J connectivity index is 1.65. The number of methoxy groups -OCH3 is 1. The van der Waals surface area contributed by atoms with Gasteiger partial charge in [-0.15, -0.1) is 0 Å². The van der Waals surface area contributed by atoms with Gasteiger partial charge in [0.1, 0.15) is 11.5 Å². The van der Waals surface area contributed by atoms with Gasteiger partial charge in [0.15, 0.2) is 0 Å². The van der Waals surface area contributed by atoms with Crippen molar-refractivity contribution in [2.45, 2.75) is 6.54 Å². The molecule has 0 aliphatic rings. The number of nitrogens with one attached hydrogen (secondary N) is 1. The largest absolute Gasteiger partial charge is 0.497 e. The van der Waals surface area contributed by atoms with Crippen molar-refractivity contribution in [1.82, 2.24) is 5.32 Å². The van der Waals surface area contributed by atoms with Crippen molar-refractivity contribution in [1.29, 1.82) is 0 Å². The Kier molecular flexibility index (Phi) is 5.84. The highest BCUT2D eigenvalue weighted by Gasteiger charge is 2.12. The van der Waals surface area contributed by atoms with Gasteiger partial charge in [-0.25, -0.2) is 4.79 Å². The minimum absolute atomic E-state index is 0.238. The molecule has 0 atom stereocenters. The summed E-state index contributed by atoms with van der Waals surface area (Å²) in [5.74, 6) is 0.113. The van der Waals surface area contributed by atoms with E-state index in [4.69, 9.17) is 9.47 Å². The number of ether oxygens (including phenoxy) is 2. The highest BCUT2D eigenvalue weighted by molar-refractivity contribution is 5.95. The predicted molar refractivity (Wildman–Crippen MR) is 102 cm³/mol. The SMILES string of the molecule is COc1cccc(C(=O)Oc2cccc(C(=O)NCc3ccccc3)c2)c1. The zero-order valence-corrected chi connectivity index (χ0v) is 14.8. The fourth-order valence-electron chi connectivity index (χ4n) is 2.50. The highest BCUT2D eigenvalue weighted by Crippen LogP contribution is 2.18. The Labute approximate surface area is 157 Å². The average molecular weight is 361 g/mol. The van der Waals surface area contributed by atoms with Crippen LogP contribution in [0.5, 0.6) is 11.5 Å². The molecule has 0 aliphatic heterocycles. The highest BCUT2D eigenvalue weighted by atomic mass is 16.5. The molecule has 0 fully saturated rings. The Morgan fingerprint density at radius 2 is 1.48 bits per heavy atom. The van der Waals surface area contributed by atoms with Gasteiger partial charge in [0.2, 0.25) is 0 Å². The van der Waals surface area contributed by atoms with E-state index in [1.54, 1.807) is 48.5 Å². The van der Waals surface area contributed by atoms with E-state index in [2.05, 4.69) is 5.32 Å². The Bertz CT molecular complexity index is 938. The van der Waals surface area contributed by atoms with Crippen molar-refractivity contribution in [2.75, 3.05) is 7.11 Å². The maximum atomic E-state index is 12.3. The second-order valence-corrected chi connectivity index (χ2v) is 5.82. The van der Waals surface area contributed by atoms with Crippen molar-refractivity contribution in [3.05, 3.63) is 95.6 Å². The molecule has 3 aromatic carbocycles. The van der Waals surface area contributed by atoms with Crippen LogP contribution in [-0.2, 0) is 6.54 Å². The molecule has 0 unspecified atom stereocenters. The Morgan fingerprint density at radius 1 is 0.815 bits per heavy atom. The molecular weight excluding hydrogens is 342 g/mol. The van der Waals surface area contributed by atoms with Crippen LogP contribution in [0.2, 0.25) is 0 Å². The predicted octanol–water partition coefficient (Wildman–Crippen LogP) is 3.84. The number of rotatable bonds is 6. The summed E-state index contributed by atoms with van der Waals surface area (Å²) in [6.45, 7) is 0.424. The molecule has 0 saturated carbocycles. The van der Waals surface area contributed by atoms with E-state index in [0.717, 1.165) is 5.56 Å². The zero-order chi connectivity index (χ0) is 19.1. The number of carbonyl (C=O) groups is 2. The van der Waals surface area contributed by atoms with Gasteiger partial charge < -0.3 is 14.8 Å². The summed E-state index contributed by atoms with van der Waals surface area (Å²) in [5, 5.41) is 2.85. The number of amides is 1. The van der Waals surface area contributed by atoms with Gasteiger partial charge >= 0.3 is 5.97 Å². The molecule has 0 saturated heterocycles. The van der Waals surface area contributed by atoms with Crippen LogP contribution in [0.3, 0.4) is 0 Å². The van der Waals surface area contributed by atoms with E-state index in [0.29, 0.717) is 29.2 Å². The van der Waals surface area contributed by atoms with Crippen molar-refractivity contribution < 1.29 is 19.1 Å². The molecule has 5 heteroatoms. The van der Waals surface area contributed by atoms with Crippen LogP contribution in [0.15, 0.2) is 78.9 Å². The van der Waals surface area contributed by atoms with Gasteiger partial charge in [0.05, 0.1) is 12.7 Å². The van der Waals surface area contributed by atoms with Crippen LogP contribution < -0.4 is 14.8 Å². The molecule has 27 heavy (non-hydrogen) atoms. The third-order valence-corrected chi connectivity index (χ3v) is 3.91. The van der Waals surface area contributed by atoms with Crippen LogP contribution in [0, 0.1) is 0 Å². The number of carbonyl (C=O) groups excluding carboxylic acids is 2. The van der Waals surface area contributed by atoms with Crippen molar-refractivity contribution >= 4 is 11.9 Å². The molecule has 5 nitrogen and oxygen atoms in total. The van der Waals surface area contributed by atoms with Crippen LogP contribution in [-0.4, -0.2) is 19.0 Å².